The van der Waals surface area contributed by atoms with Gasteiger partial charge in [0.05, 0.1) is 12.2 Å². The monoisotopic (exact) mass is 280 g/mol. The zero-order valence-electron chi connectivity index (χ0n) is 11.0. The van der Waals surface area contributed by atoms with Crippen LogP contribution < -0.4 is 5.73 Å². The van der Waals surface area contributed by atoms with Crippen molar-refractivity contribution in [2.24, 2.45) is 5.73 Å². The van der Waals surface area contributed by atoms with Gasteiger partial charge in [0, 0.05) is 13.2 Å². The van der Waals surface area contributed by atoms with E-state index in [1.165, 1.54) is 11.9 Å². The van der Waals surface area contributed by atoms with Crippen molar-refractivity contribution in [1.29, 1.82) is 0 Å². The Morgan fingerprint density at radius 3 is 2.50 bits per heavy atom. The van der Waals surface area contributed by atoms with Crippen molar-refractivity contribution < 1.29 is 19.5 Å². The summed E-state index contributed by atoms with van der Waals surface area (Å²) in [5, 5.41) is 8.74. The summed E-state index contributed by atoms with van der Waals surface area (Å²) in [6.45, 7) is -0.833. The third-order valence-electron chi connectivity index (χ3n) is 2.40. The van der Waals surface area contributed by atoms with Gasteiger partial charge in [-0.2, -0.15) is 0 Å². The molecule has 0 fully saturated rings. The molecule has 1 aromatic rings. The highest BCUT2D eigenvalue weighted by molar-refractivity contribution is 5.85. The van der Waals surface area contributed by atoms with Gasteiger partial charge in [-0.1, -0.05) is 6.07 Å². The van der Waals surface area contributed by atoms with Crippen LogP contribution in [-0.2, 0) is 16.1 Å². The molecular formula is C12H16N4O4. The van der Waals surface area contributed by atoms with Crippen molar-refractivity contribution in [3.63, 3.8) is 0 Å². The van der Waals surface area contributed by atoms with E-state index in [0.717, 1.165) is 4.90 Å². The predicted octanol–water partition coefficient (Wildman–Crippen LogP) is -0.495. The van der Waals surface area contributed by atoms with E-state index in [4.69, 9.17) is 10.8 Å². The Morgan fingerprint density at radius 1 is 1.30 bits per heavy atom. The highest BCUT2D eigenvalue weighted by Crippen LogP contribution is 2.03. The molecule has 0 saturated heterocycles. The molecule has 108 valence electrons. The maximum Gasteiger partial charge on any atom is 0.323 e. The van der Waals surface area contributed by atoms with Gasteiger partial charge in [-0.05, 0) is 12.1 Å². The Balaban J connectivity index is 2.72. The summed E-state index contributed by atoms with van der Waals surface area (Å²) in [6.07, 6.45) is 1.59. The molecule has 0 atom stereocenters. The van der Waals surface area contributed by atoms with Crippen LogP contribution >= 0.6 is 0 Å². The molecule has 0 aliphatic carbocycles. The number of aromatic nitrogens is 1. The summed E-state index contributed by atoms with van der Waals surface area (Å²) in [4.78, 5) is 39.9. The molecule has 0 bridgehead atoms. The first-order chi connectivity index (χ1) is 9.40. The zero-order chi connectivity index (χ0) is 15.1. The van der Waals surface area contributed by atoms with Gasteiger partial charge in [0.15, 0.2) is 0 Å². The summed E-state index contributed by atoms with van der Waals surface area (Å²) in [6, 6.07) is 4.66. The lowest BCUT2D eigenvalue weighted by molar-refractivity contribution is -0.138. The van der Waals surface area contributed by atoms with E-state index in [0.29, 0.717) is 5.69 Å². The quantitative estimate of drug-likeness (QED) is 0.729. The number of nitrogens with two attached hydrogens (primary N) is 1. The molecule has 0 spiro atoms. The normalized spacial score (nSPS) is 9.85. The minimum Gasteiger partial charge on any atom is -0.480 e. The fourth-order valence-electron chi connectivity index (χ4n) is 1.59. The average molecular weight is 280 g/mol. The van der Waals surface area contributed by atoms with E-state index in [1.807, 2.05) is 0 Å². The highest BCUT2D eigenvalue weighted by Gasteiger charge is 2.22. The molecule has 20 heavy (non-hydrogen) atoms. The lowest BCUT2D eigenvalue weighted by atomic mass is 10.3. The summed E-state index contributed by atoms with van der Waals surface area (Å²) in [7, 11) is 1.49. The Bertz CT molecular complexity index is 475. The summed E-state index contributed by atoms with van der Waals surface area (Å²) >= 11 is 0. The van der Waals surface area contributed by atoms with E-state index in [2.05, 4.69) is 4.98 Å². The predicted molar refractivity (Wildman–Crippen MR) is 69.5 cm³/mol. The summed E-state index contributed by atoms with van der Waals surface area (Å²) in [5.74, 6) is -1.99. The lowest BCUT2D eigenvalue weighted by Crippen LogP contribution is -2.47. The van der Waals surface area contributed by atoms with Gasteiger partial charge in [0.1, 0.15) is 13.1 Å². The number of amides is 3. The largest absolute Gasteiger partial charge is 0.480 e. The van der Waals surface area contributed by atoms with Crippen LogP contribution in [0.2, 0.25) is 0 Å². The Hall–Kier alpha value is -2.64. The van der Waals surface area contributed by atoms with Gasteiger partial charge in [0.25, 0.3) is 0 Å². The van der Waals surface area contributed by atoms with Gasteiger partial charge >= 0.3 is 12.0 Å². The fraction of sp³-hybridized carbons (Fsp3) is 0.333. The van der Waals surface area contributed by atoms with Crippen LogP contribution in [0.5, 0.6) is 0 Å². The van der Waals surface area contributed by atoms with Crippen molar-refractivity contribution in [3.8, 4) is 0 Å². The second-order valence-corrected chi connectivity index (χ2v) is 4.18. The number of carboxylic acid groups (broad SMARTS) is 1. The minimum atomic E-state index is -1.22. The second-order valence-electron chi connectivity index (χ2n) is 4.18. The summed E-state index contributed by atoms with van der Waals surface area (Å²) in [5.41, 5.74) is 5.65. The van der Waals surface area contributed by atoms with Crippen LogP contribution in [0.25, 0.3) is 0 Å². The van der Waals surface area contributed by atoms with Crippen LogP contribution in [0.3, 0.4) is 0 Å². The molecule has 8 heteroatoms. The van der Waals surface area contributed by atoms with E-state index in [-0.39, 0.29) is 6.54 Å². The second kappa shape index (κ2) is 7.07. The number of carbonyl (C=O) groups is 3. The Labute approximate surface area is 115 Å². The van der Waals surface area contributed by atoms with Crippen LogP contribution in [0.15, 0.2) is 24.4 Å². The number of primary amides is 1. The van der Waals surface area contributed by atoms with E-state index in [9.17, 15) is 14.4 Å². The molecule has 0 unspecified atom stereocenters. The fourth-order valence-corrected chi connectivity index (χ4v) is 1.59. The van der Waals surface area contributed by atoms with E-state index < -0.39 is 31.0 Å². The number of nitrogens with zero attached hydrogens (tertiary/aromatic N) is 3. The molecule has 8 nitrogen and oxygen atoms in total. The molecule has 0 saturated carbocycles. The van der Waals surface area contributed by atoms with Gasteiger partial charge in [-0.3, -0.25) is 14.6 Å². The van der Waals surface area contributed by atoms with Gasteiger partial charge < -0.3 is 20.6 Å². The number of aliphatic carboxylic acids is 1. The molecule has 1 aromatic heterocycles. The first-order valence-corrected chi connectivity index (χ1v) is 5.80. The molecule has 1 heterocycles. The number of pyridine rings is 1. The van der Waals surface area contributed by atoms with Crippen LogP contribution in [-0.4, -0.2) is 57.9 Å². The van der Waals surface area contributed by atoms with Crippen molar-refractivity contribution >= 4 is 17.9 Å². The minimum absolute atomic E-state index is 0.203. The average Bonchev–Trinajstić information content (AvgIpc) is 2.37. The third kappa shape index (κ3) is 4.92. The molecule has 3 amide bonds. The zero-order valence-corrected chi connectivity index (χ0v) is 11.0. The van der Waals surface area contributed by atoms with Crippen molar-refractivity contribution in [3.05, 3.63) is 30.1 Å². The molecule has 0 aliphatic heterocycles. The van der Waals surface area contributed by atoms with E-state index in [1.54, 1.807) is 24.4 Å². The van der Waals surface area contributed by atoms with Gasteiger partial charge in [-0.25, -0.2) is 4.79 Å². The standard InChI is InChI=1S/C12H16N4O4/c1-15(6-9-4-2-3-5-14-9)12(20)16(7-10(13)17)8-11(18)19/h2-5H,6-8H2,1H3,(H2,13,17)(H,18,19). The van der Waals surface area contributed by atoms with Crippen molar-refractivity contribution in [2.45, 2.75) is 6.54 Å². The number of hydrogen-bond acceptors (Lipinski definition) is 4. The van der Waals surface area contributed by atoms with Crippen molar-refractivity contribution in [2.75, 3.05) is 20.1 Å². The molecule has 0 radical (unpaired) electrons. The van der Waals surface area contributed by atoms with Crippen LogP contribution in [0, 0.1) is 0 Å². The van der Waals surface area contributed by atoms with Crippen LogP contribution in [0.4, 0.5) is 4.79 Å². The first kappa shape index (κ1) is 15.4. The first-order valence-electron chi connectivity index (χ1n) is 5.80. The number of hydrogen-bond donors (Lipinski definition) is 2. The smallest absolute Gasteiger partial charge is 0.323 e. The van der Waals surface area contributed by atoms with Gasteiger partial charge in [0.2, 0.25) is 5.91 Å². The number of carboxylic acids is 1. The topological polar surface area (TPSA) is 117 Å². The summed E-state index contributed by atoms with van der Waals surface area (Å²) < 4.78 is 0. The molecular weight excluding hydrogens is 264 g/mol. The van der Waals surface area contributed by atoms with E-state index >= 15 is 0 Å². The molecule has 0 aliphatic rings. The third-order valence-corrected chi connectivity index (χ3v) is 2.40. The van der Waals surface area contributed by atoms with Gasteiger partial charge in [-0.15, -0.1) is 0 Å². The van der Waals surface area contributed by atoms with Crippen molar-refractivity contribution in [1.82, 2.24) is 14.8 Å². The lowest BCUT2D eigenvalue weighted by Gasteiger charge is -2.25. The number of rotatable bonds is 6. The maximum absolute atomic E-state index is 12.1. The Kier molecular flexibility index (Phi) is 5.45. The molecule has 1 rings (SSSR count). The number of carbonyl (C=O) groups excluding carboxylic acids is 2. The maximum atomic E-state index is 12.1. The van der Waals surface area contributed by atoms with Crippen LogP contribution in [0.1, 0.15) is 5.69 Å². The highest BCUT2D eigenvalue weighted by atomic mass is 16.4. The molecule has 0 aromatic carbocycles. The SMILES string of the molecule is CN(Cc1ccccn1)C(=O)N(CC(N)=O)CC(=O)O. The number of urea groups is 1. The molecule has 3 N–H and O–H groups in total. The Morgan fingerprint density at radius 2 is 2.00 bits per heavy atom.